The highest BCUT2D eigenvalue weighted by Crippen LogP contribution is 2.31. The van der Waals surface area contributed by atoms with Crippen molar-refractivity contribution >= 4 is 51.9 Å². The number of nitrogens with one attached hydrogen (secondary N) is 2. The molecule has 10 heteroatoms. The number of carbonyl (C=O) groups is 2. The fourth-order valence-corrected chi connectivity index (χ4v) is 3.44. The zero-order valence-corrected chi connectivity index (χ0v) is 16.2. The smallest absolute Gasteiger partial charge is 0.416 e. The van der Waals surface area contributed by atoms with Gasteiger partial charge in [-0.1, -0.05) is 48.2 Å². The Hall–Kier alpha value is -2.85. The predicted molar refractivity (Wildman–Crippen MR) is 108 cm³/mol. The third-order valence-corrected chi connectivity index (χ3v) is 4.84. The van der Waals surface area contributed by atoms with Crippen molar-refractivity contribution in [2.24, 2.45) is 0 Å². The first-order chi connectivity index (χ1) is 13.7. The van der Waals surface area contributed by atoms with Gasteiger partial charge in [-0.2, -0.15) is 13.2 Å². The third kappa shape index (κ3) is 5.58. The molecule has 5 nitrogen and oxygen atoms in total. The van der Waals surface area contributed by atoms with Gasteiger partial charge in [-0.05, 0) is 30.3 Å². The highest BCUT2D eigenvalue weighted by Gasteiger charge is 2.30. The van der Waals surface area contributed by atoms with E-state index in [1.807, 2.05) is 0 Å². The van der Waals surface area contributed by atoms with Crippen LogP contribution in [-0.2, 0) is 15.8 Å². The molecule has 0 atom stereocenters. The zero-order chi connectivity index (χ0) is 21.0. The van der Waals surface area contributed by atoms with E-state index < -0.39 is 24.3 Å². The molecule has 150 valence electrons. The molecule has 1 aliphatic heterocycles. The molecule has 2 aromatic rings. The van der Waals surface area contributed by atoms with E-state index in [1.165, 1.54) is 12.1 Å². The monoisotopic (exact) mass is 438 g/mol. The van der Waals surface area contributed by atoms with Gasteiger partial charge in [0.25, 0.3) is 11.8 Å². The van der Waals surface area contributed by atoms with E-state index in [4.69, 9.17) is 17.0 Å². The van der Waals surface area contributed by atoms with Gasteiger partial charge in [-0.3, -0.25) is 9.59 Å². The summed E-state index contributed by atoms with van der Waals surface area (Å²) in [6.07, 6.45) is -2.92. The summed E-state index contributed by atoms with van der Waals surface area (Å²) >= 11 is 6.05. The molecule has 2 aromatic carbocycles. The number of ether oxygens (including phenoxy) is 1. The SMILES string of the molecule is O=C(COc1ccccc1/C=C1\SC(=S)NC1=O)Nc1cccc(C(F)(F)F)c1. The number of hydrogen-bond donors (Lipinski definition) is 2. The van der Waals surface area contributed by atoms with Gasteiger partial charge in [0, 0.05) is 11.3 Å². The molecule has 0 bridgehead atoms. The fraction of sp³-hybridized carbons (Fsp3) is 0.105. The molecule has 0 aromatic heterocycles. The standard InChI is InChI=1S/C19H13F3N2O3S2/c20-19(21,22)12-5-3-6-13(9-12)23-16(25)10-27-14-7-2-1-4-11(14)8-15-17(26)24-18(28)29-15/h1-9H,10H2,(H,23,25)(H,24,26,28)/b15-8-. The number of thioether (sulfide) groups is 1. The summed E-state index contributed by atoms with van der Waals surface area (Å²) in [6, 6.07) is 11.0. The molecule has 0 radical (unpaired) electrons. The Bertz CT molecular complexity index is 1010. The van der Waals surface area contributed by atoms with Crippen LogP contribution in [0.3, 0.4) is 0 Å². The van der Waals surface area contributed by atoms with Crippen LogP contribution >= 0.6 is 24.0 Å². The molecule has 0 aliphatic carbocycles. The number of carbonyl (C=O) groups excluding carboxylic acids is 2. The largest absolute Gasteiger partial charge is 0.483 e. The molecule has 3 rings (SSSR count). The Morgan fingerprint density at radius 3 is 2.66 bits per heavy atom. The molecule has 1 aliphatic rings. The molecule has 1 saturated heterocycles. The van der Waals surface area contributed by atoms with Gasteiger partial charge in [-0.25, -0.2) is 0 Å². The van der Waals surface area contributed by atoms with E-state index >= 15 is 0 Å². The van der Waals surface area contributed by atoms with Gasteiger partial charge in [0.05, 0.1) is 10.5 Å². The van der Waals surface area contributed by atoms with Gasteiger partial charge < -0.3 is 15.4 Å². The maximum absolute atomic E-state index is 12.8. The molecule has 2 N–H and O–H groups in total. The van der Waals surface area contributed by atoms with Crippen LogP contribution in [0.5, 0.6) is 5.75 Å². The lowest BCUT2D eigenvalue weighted by Crippen LogP contribution is -2.20. The van der Waals surface area contributed by atoms with Crippen LogP contribution in [0.25, 0.3) is 6.08 Å². The van der Waals surface area contributed by atoms with Gasteiger partial charge in [0.15, 0.2) is 6.61 Å². The number of anilines is 1. The van der Waals surface area contributed by atoms with E-state index in [9.17, 15) is 22.8 Å². The van der Waals surface area contributed by atoms with E-state index in [2.05, 4.69) is 10.6 Å². The maximum Gasteiger partial charge on any atom is 0.416 e. The first-order valence-electron chi connectivity index (χ1n) is 8.16. The Morgan fingerprint density at radius 2 is 1.97 bits per heavy atom. The van der Waals surface area contributed by atoms with Crippen molar-refractivity contribution in [2.45, 2.75) is 6.18 Å². The van der Waals surface area contributed by atoms with Gasteiger partial charge >= 0.3 is 6.18 Å². The number of benzene rings is 2. The van der Waals surface area contributed by atoms with Gasteiger partial charge in [-0.15, -0.1) is 0 Å². The first kappa shape index (κ1) is 20.9. The number of alkyl halides is 3. The third-order valence-electron chi connectivity index (χ3n) is 3.68. The van der Waals surface area contributed by atoms with Crippen molar-refractivity contribution in [2.75, 3.05) is 11.9 Å². The number of amides is 2. The molecule has 1 fully saturated rings. The van der Waals surface area contributed by atoms with Crippen LogP contribution in [0.2, 0.25) is 0 Å². The minimum absolute atomic E-state index is 0.0105. The number of para-hydroxylation sites is 1. The van der Waals surface area contributed by atoms with Crippen molar-refractivity contribution in [3.05, 3.63) is 64.6 Å². The second kappa shape index (κ2) is 8.66. The molecular weight excluding hydrogens is 425 g/mol. The van der Waals surface area contributed by atoms with Crippen LogP contribution < -0.4 is 15.4 Å². The Kier molecular flexibility index (Phi) is 6.23. The first-order valence-corrected chi connectivity index (χ1v) is 9.38. The van der Waals surface area contributed by atoms with E-state index in [-0.39, 0.29) is 11.6 Å². The average molecular weight is 438 g/mol. The van der Waals surface area contributed by atoms with Crippen LogP contribution in [0, 0.1) is 0 Å². The molecule has 0 saturated carbocycles. The lowest BCUT2D eigenvalue weighted by molar-refractivity contribution is -0.137. The lowest BCUT2D eigenvalue weighted by Gasteiger charge is -2.11. The van der Waals surface area contributed by atoms with Gasteiger partial charge in [0.1, 0.15) is 10.1 Å². The van der Waals surface area contributed by atoms with Crippen molar-refractivity contribution in [1.82, 2.24) is 5.32 Å². The molecule has 29 heavy (non-hydrogen) atoms. The predicted octanol–water partition coefficient (Wildman–Crippen LogP) is 4.21. The minimum atomic E-state index is -4.50. The van der Waals surface area contributed by atoms with Crippen LogP contribution in [0.15, 0.2) is 53.4 Å². The van der Waals surface area contributed by atoms with Crippen molar-refractivity contribution in [1.29, 1.82) is 0 Å². The molecule has 0 unspecified atom stereocenters. The highest BCUT2D eigenvalue weighted by molar-refractivity contribution is 8.26. The maximum atomic E-state index is 12.8. The molecule has 1 heterocycles. The normalized spacial score (nSPS) is 15.3. The summed E-state index contributed by atoms with van der Waals surface area (Å²) < 4.78 is 44.1. The summed E-state index contributed by atoms with van der Waals surface area (Å²) in [7, 11) is 0. The highest BCUT2D eigenvalue weighted by atomic mass is 32.2. The zero-order valence-electron chi connectivity index (χ0n) is 14.6. The minimum Gasteiger partial charge on any atom is -0.483 e. The second-order valence-corrected chi connectivity index (χ2v) is 7.52. The Labute approximate surface area is 173 Å². The number of halogens is 3. The number of thiocarbonyl (C=S) groups is 1. The van der Waals surface area contributed by atoms with Crippen molar-refractivity contribution < 1.29 is 27.5 Å². The summed E-state index contributed by atoms with van der Waals surface area (Å²) in [5, 5.41) is 4.87. The van der Waals surface area contributed by atoms with Crippen molar-refractivity contribution in [3.63, 3.8) is 0 Å². The fourth-order valence-electron chi connectivity index (χ4n) is 2.41. The van der Waals surface area contributed by atoms with Crippen LogP contribution in [-0.4, -0.2) is 22.7 Å². The van der Waals surface area contributed by atoms with E-state index in [0.717, 1.165) is 23.9 Å². The quantitative estimate of drug-likeness (QED) is 0.541. The molecule has 2 amide bonds. The van der Waals surface area contributed by atoms with Gasteiger partial charge in [0.2, 0.25) is 0 Å². The summed E-state index contributed by atoms with van der Waals surface area (Å²) in [5.74, 6) is -0.608. The van der Waals surface area contributed by atoms with E-state index in [1.54, 1.807) is 30.3 Å². The molecular formula is C19H13F3N2O3S2. The summed E-state index contributed by atoms with van der Waals surface area (Å²) in [5.41, 5.74) is -0.295. The Morgan fingerprint density at radius 1 is 1.21 bits per heavy atom. The Balaban J connectivity index is 1.66. The van der Waals surface area contributed by atoms with Crippen LogP contribution in [0.1, 0.15) is 11.1 Å². The second-order valence-electron chi connectivity index (χ2n) is 5.81. The lowest BCUT2D eigenvalue weighted by atomic mass is 10.2. The summed E-state index contributed by atoms with van der Waals surface area (Å²) in [6.45, 7) is -0.422. The van der Waals surface area contributed by atoms with Crippen molar-refractivity contribution in [3.8, 4) is 5.75 Å². The number of rotatable bonds is 5. The summed E-state index contributed by atoms with van der Waals surface area (Å²) in [4.78, 5) is 24.3. The number of hydrogen-bond acceptors (Lipinski definition) is 5. The topological polar surface area (TPSA) is 67.4 Å². The van der Waals surface area contributed by atoms with Crippen LogP contribution in [0.4, 0.5) is 18.9 Å². The molecule has 0 spiro atoms. The van der Waals surface area contributed by atoms with E-state index in [0.29, 0.717) is 20.5 Å². The average Bonchev–Trinajstić information content (AvgIpc) is 2.97.